The van der Waals surface area contributed by atoms with Crippen molar-refractivity contribution in [2.45, 2.75) is 19.2 Å². The van der Waals surface area contributed by atoms with Crippen molar-refractivity contribution in [2.24, 2.45) is 0 Å². The highest BCUT2D eigenvalue weighted by Gasteiger charge is 2.27. The molecule has 102 valence electrons. The van der Waals surface area contributed by atoms with E-state index in [2.05, 4.69) is 10.2 Å². The van der Waals surface area contributed by atoms with Crippen molar-refractivity contribution in [3.63, 3.8) is 0 Å². The fraction of sp³-hybridized carbons (Fsp3) is 0.500. The molecule has 1 N–H and O–H groups in total. The van der Waals surface area contributed by atoms with Crippen LogP contribution in [0.25, 0.3) is 0 Å². The number of hydroxylamine groups is 1. The van der Waals surface area contributed by atoms with Gasteiger partial charge in [0.15, 0.2) is 0 Å². The Morgan fingerprint density at radius 1 is 1.11 bits per heavy atom. The van der Waals surface area contributed by atoms with E-state index in [1.807, 2.05) is 30.3 Å². The molecule has 0 spiro atoms. The second kappa shape index (κ2) is 8.07. The molecule has 0 aromatic heterocycles. The number of alkyl halides is 3. The molecule has 0 aliphatic rings. The van der Waals surface area contributed by atoms with Gasteiger partial charge in [-0.2, -0.15) is 13.2 Å². The number of hydrogen-bond acceptors (Lipinski definition) is 3. The molecule has 1 rings (SSSR count). The third-order valence-electron chi connectivity index (χ3n) is 2.02. The van der Waals surface area contributed by atoms with Crippen LogP contribution in [0.15, 0.2) is 30.3 Å². The van der Waals surface area contributed by atoms with Gasteiger partial charge in [-0.05, 0) is 12.0 Å². The van der Waals surface area contributed by atoms with Crippen molar-refractivity contribution in [1.82, 2.24) is 5.48 Å². The van der Waals surface area contributed by atoms with Gasteiger partial charge in [0.1, 0.15) is 6.61 Å². The zero-order valence-electron chi connectivity index (χ0n) is 9.87. The second-order valence-corrected chi connectivity index (χ2v) is 3.69. The molecule has 0 bridgehead atoms. The molecular formula is C12H16F3NO2. The summed E-state index contributed by atoms with van der Waals surface area (Å²) in [5.74, 6) is 0. The Bertz CT molecular complexity index is 317. The van der Waals surface area contributed by atoms with Gasteiger partial charge in [-0.3, -0.25) is 4.84 Å². The predicted molar refractivity (Wildman–Crippen MR) is 60.7 cm³/mol. The van der Waals surface area contributed by atoms with E-state index in [4.69, 9.17) is 4.84 Å². The van der Waals surface area contributed by atoms with E-state index in [1.54, 1.807) is 0 Å². The summed E-state index contributed by atoms with van der Waals surface area (Å²) in [5, 5.41) is 0. The van der Waals surface area contributed by atoms with Crippen LogP contribution in [0.5, 0.6) is 0 Å². The average Bonchev–Trinajstić information content (AvgIpc) is 2.32. The van der Waals surface area contributed by atoms with Crippen LogP contribution < -0.4 is 5.48 Å². The molecule has 0 saturated carbocycles. The Hall–Kier alpha value is -1.11. The first-order valence-corrected chi connectivity index (χ1v) is 5.61. The summed E-state index contributed by atoms with van der Waals surface area (Å²) in [6.45, 7) is -0.270. The topological polar surface area (TPSA) is 30.5 Å². The maximum Gasteiger partial charge on any atom is 0.411 e. The molecule has 1 aromatic carbocycles. The molecule has 0 aliphatic heterocycles. The number of benzene rings is 1. The summed E-state index contributed by atoms with van der Waals surface area (Å²) in [5.41, 5.74) is 3.70. The normalized spacial score (nSPS) is 11.7. The molecule has 0 unspecified atom stereocenters. The third-order valence-corrected chi connectivity index (χ3v) is 2.02. The van der Waals surface area contributed by atoms with Gasteiger partial charge in [0.25, 0.3) is 0 Å². The fourth-order valence-corrected chi connectivity index (χ4v) is 1.22. The van der Waals surface area contributed by atoms with Gasteiger partial charge in [-0.15, -0.1) is 0 Å². The standard InChI is InChI=1S/C12H16F3NO2/c13-12(14,15)10-17-8-4-7-16-18-9-11-5-2-1-3-6-11/h1-3,5-6,16H,4,7-10H2. The molecule has 0 radical (unpaired) electrons. The molecule has 1 aromatic rings. The molecule has 0 aliphatic carbocycles. The summed E-state index contributed by atoms with van der Waals surface area (Å²) < 4.78 is 39.6. The molecule has 6 heteroatoms. The highest BCUT2D eigenvalue weighted by molar-refractivity contribution is 5.13. The molecule has 0 amide bonds. The number of ether oxygens (including phenoxy) is 1. The molecule has 0 saturated heterocycles. The molecule has 18 heavy (non-hydrogen) atoms. The van der Waals surface area contributed by atoms with Crippen molar-refractivity contribution in [3.8, 4) is 0 Å². The molecule has 0 atom stereocenters. The fourth-order valence-electron chi connectivity index (χ4n) is 1.22. The van der Waals surface area contributed by atoms with E-state index in [1.165, 1.54) is 0 Å². The minimum Gasteiger partial charge on any atom is -0.372 e. The van der Waals surface area contributed by atoms with Crippen LogP contribution in [0, 0.1) is 0 Å². The monoisotopic (exact) mass is 263 g/mol. The van der Waals surface area contributed by atoms with Gasteiger partial charge in [0.05, 0.1) is 6.61 Å². The van der Waals surface area contributed by atoms with E-state index in [0.717, 1.165) is 5.56 Å². The summed E-state index contributed by atoms with van der Waals surface area (Å²) in [6, 6.07) is 9.57. The smallest absolute Gasteiger partial charge is 0.372 e. The van der Waals surface area contributed by atoms with Crippen LogP contribution in [-0.2, 0) is 16.2 Å². The van der Waals surface area contributed by atoms with Crippen molar-refractivity contribution in [2.75, 3.05) is 19.8 Å². The molecule has 0 fully saturated rings. The average molecular weight is 263 g/mol. The zero-order valence-corrected chi connectivity index (χ0v) is 9.87. The minimum absolute atomic E-state index is 0.0568. The summed E-state index contributed by atoms with van der Waals surface area (Å²) in [4.78, 5) is 5.14. The van der Waals surface area contributed by atoms with Gasteiger partial charge in [-0.1, -0.05) is 30.3 Å². The number of halogens is 3. The number of hydrogen-bond donors (Lipinski definition) is 1. The van der Waals surface area contributed by atoms with Crippen LogP contribution >= 0.6 is 0 Å². The lowest BCUT2D eigenvalue weighted by Gasteiger charge is -2.08. The summed E-state index contributed by atoms with van der Waals surface area (Å²) >= 11 is 0. The number of rotatable bonds is 8. The van der Waals surface area contributed by atoms with Crippen LogP contribution in [0.3, 0.4) is 0 Å². The molecule has 0 heterocycles. The van der Waals surface area contributed by atoms with E-state index in [9.17, 15) is 13.2 Å². The van der Waals surface area contributed by atoms with Gasteiger partial charge >= 0.3 is 6.18 Å². The van der Waals surface area contributed by atoms with E-state index in [-0.39, 0.29) is 6.61 Å². The Labute approximate surface area is 104 Å². The highest BCUT2D eigenvalue weighted by Crippen LogP contribution is 2.14. The maximum atomic E-state index is 11.7. The first-order chi connectivity index (χ1) is 8.58. The van der Waals surface area contributed by atoms with Crippen LogP contribution in [-0.4, -0.2) is 25.9 Å². The SMILES string of the molecule is FC(F)(F)COCCCNOCc1ccccc1. The van der Waals surface area contributed by atoms with Gasteiger partial charge in [0.2, 0.25) is 0 Å². The first-order valence-electron chi connectivity index (χ1n) is 5.61. The van der Waals surface area contributed by atoms with E-state index in [0.29, 0.717) is 19.6 Å². The van der Waals surface area contributed by atoms with Gasteiger partial charge < -0.3 is 4.74 Å². The van der Waals surface area contributed by atoms with E-state index < -0.39 is 12.8 Å². The minimum atomic E-state index is -4.25. The third kappa shape index (κ3) is 8.05. The highest BCUT2D eigenvalue weighted by atomic mass is 19.4. The lowest BCUT2D eigenvalue weighted by Crippen LogP contribution is -2.20. The molecular weight excluding hydrogens is 247 g/mol. The Morgan fingerprint density at radius 2 is 1.83 bits per heavy atom. The lowest BCUT2D eigenvalue weighted by atomic mass is 10.2. The van der Waals surface area contributed by atoms with Crippen molar-refractivity contribution in [3.05, 3.63) is 35.9 Å². The maximum absolute atomic E-state index is 11.7. The largest absolute Gasteiger partial charge is 0.411 e. The van der Waals surface area contributed by atoms with Gasteiger partial charge in [-0.25, -0.2) is 5.48 Å². The number of nitrogens with one attached hydrogen (secondary N) is 1. The van der Waals surface area contributed by atoms with Crippen LogP contribution in [0.1, 0.15) is 12.0 Å². The quantitative estimate of drug-likeness (QED) is 0.578. The molecule has 3 nitrogen and oxygen atoms in total. The summed E-state index contributed by atoms with van der Waals surface area (Å²) in [7, 11) is 0. The van der Waals surface area contributed by atoms with Crippen molar-refractivity contribution in [1.29, 1.82) is 0 Å². The Balaban J connectivity index is 1.90. The van der Waals surface area contributed by atoms with Crippen molar-refractivity contribution >= 4 is 0 Å². The van der Waals surface area contributed by atoms with Gasteiger partial charge in [0, 0.05) is 13.2 Å². The van der Waals surface area contributed by atoms with Crippen LogP contribution in [0.4, 0.5) is 13.2 Å². The first kappa shape index (κ1) is 14.9. The van der Waals surface area contributed by atoms with Crippen LogP contribution in [0.2, 0.25) is 0 Å². The summed E-state index contributed by atoms with van der Waals surface area (Å²) in [6.07, 6.45) is -3.79. The Kier molecular flexibility index (Phi) is 6.70. The lowest BCUT2D eigenvalue weighted by molar-refractivity contribution is -0.174. The second-order valence-electron chi connectivity index (χ2n) is 3.69. The Morgan fingerprint density at radius 3 is 2.50 bits per heavy atom. The van der Waals surface area contributed by atoms with E-state index >= 15 is 0 Å². The predicted octanol–water partition coefficient (Wildman–Crippen LogP) is 2.68. The van der Waals surface area contributed by atoms with Crippen molar-refractivity contribution < 1.29 is 22.7 Å². The zero-order chi connectivity index (χ0) is 13.3.